The molecule has 2 rings (SSSR count). The van der Waals surface area contributed by atoms with Gasteiger partial charge in [0.15, 0.2) is 24.1 Å². The molecule has 1 saturated heterocycles. The summed E-state index contributed by atoms with van der Waals surface area (Å²) in [5.41, 5.74) is 0.154. The van der Waals surface area contributed by atoms with Gasteiger partial charge in [-0.05, 0) is 24.1 Å². The lowest BCUT2D eigenvalue weighted by Gasteiger charge is -2.42. The second kappa shape index (κ2) is 20.0. The molecule has 6 unspecified atom stereocenters. The highest BCUT2D eigenvalue weighted by molar-refractivity contribution is 5.81. The van der Waals surface area contributed by atoms with Crippen molar-refractivity contribution in [2.24, 2.45) is 0 Å². The molecule has 0 aromatic heterocycles. The number of benzene rings is 1. The van der Waals surface area contributed by atoms with E-state index in [1.54, 1.807) is 24.3 Å². The van der Waals surface area contributed by atoms with Crippen molar-refractivity contribution in [3.05, 3.63) is 40.6 Å². The lowest BCUT2D eigenvalue weighted by molar-refractivity contribution is -0.533. The van der Waals surface area contributed by atoms with Crippen molar-refractivity contribution < 1.29 is 64.7 Å². The number of nitrogens with zero attached hydrogens (tertiary/aromatic N) is 1. The Bertz CT molecular complexity index is 1150. The molecule has 1 fully saturated rings. The van der Waals surface area contributed by atoms with Crippen LogP contribution in [0.4, 0.5) is 0 Å². The van der Waals surface area contributed by atoms with E-state index in [2.05, 4.69) is 17.6 Å². The Morgan fingerprint density at radius 2 is 1.65 bits per heavy atom. The van der Waals surface area contributed by atoms with Gasteiger partial charge in [-0.15, -0.1) is 0 Å². The molecule has 0 spiro atoms. The van der Waals surface area contributed by atoms with Gasteiger partial charge in [0.05, 0.1) is 19.8 Å². The Labute approximate surface area is 280 Å². The average molecular weight is 688 g/mol. The summed E-state index contributed by atoms with van der Waals surface area (Å²) in [4.78, 5) is 24.8. The van der Waals surface area contributed by atoms with Gasteiger partial charge in [-0.1, -0.05) is 44.7 Å². The van der Waals surface area contributed by atoms with Gasteiger partial charge in [0.25, 0.3) is 5.91 Å². The molecule has 1 heterocycles. The van der Waals surface area contributed by atoms with Crippen LogP contribution in [0.25, 0.3) is 0 Å². The standard InChI is InChI=1S/C32H53N3O13/c1-4-5-6-7-8-9-23(39)33-14-19-10-12-20(13-11-19)15-35(46)32(2,3)18-34-30(45)27(43)26(42)29(21(38)16-36)48-31-28(44)25(41)24(40)22(17-37)47-31/h10-13,15,21-22,24-29,31,36-38,40-44H,4-9,14,16-18H2,1-3H3,(H,33,39)(H,34,45)/b35-15-/t21?,22?,24-,25?,26?,27?,28?,29+,31-/m0/s1. The summed E-state index contributed by atoms with van der Waals surface area (Å²) in [5, 5.41) is 98.6. The van der Waals surface area contributed by atoms with Crippen LogP contribution in [0.3, 0.4) is 0 Å². The predicted octanol–water partition coefficient (Wildman–Crippen LogP) is -2.25. The molecule has 0 aliphatic carbocycles. The smallest absolute Gasteiger partial charge is 0.251 e. The van der Waals surface area contributed by atoms with Crippen molar-refractivity contribution in [2.45, 2.75) is 127 Å². The Morgan fingerprint density at radius 3 is 2.25 bits per heavy atom. The number of carbonyl (C=O) groups excluding carboxylic acids is 2. The molecule has 1 aromatic carbocycles. The summed E-state index contributed by atoms with van der Waals surface area (Å²) < 4.78 is 11.1. The number of hydrogen-bond acceptors (Lipinski definition) is 13. The average Bonchev–Trinajstić information content (AvgIpc) is 3.07. The molecule has 1 aliphatic heterocycles. The number of ether oxygens (including phenoxy) is 2. The van der Waals surface area contributed by atoms with Crippen molar-refractivity contribution in [3.63, 3.8) is 0 Å². The fourth-order valence-electron chi connectivity index (χ4n) is 4.87. The van der Waals surface area contributed by atoms with Crippen LogP contribution in [0.15, 0.2) is 24.3 Å². The third kappa shape index (κ3) is 12.3. The minimum Gasteiger partial charge on any atom is -0.623 e. The number of hydroxylamine groups is 1. The van der Waals surface area contributed by atoms with E-state index >= 15 is 0 Å². The van der Waals surface area contributed by atoms with E-state index in [1.165, 1.54) is 26.5 Å². The minimum atomic E-state index is -2.27. The Kier molecular flexibility index (Phi) is 17.3. The monoisotopic (exact) mass is 687 g/mol. The Morgan fingerprint density at radius 1 is 1.00 bits per heavy atom. The molecule has 274 valence electrons. The third-order valence-corrected chi connectivity index (χ3v) is 8.17. The van der Waals surface area contributed by atoms with E-state index < -0.39 is 79.8 Å². The summed E-state index contributed by atoms with van der Waals surface area (Å²) in [5.74, 6) is -1.18. The van der Waals surface area contributed by atoms with Crippen molar-refractivity contribution >= 4 is 18.0 Å². The normalized spacial score (nSPS) is 24.4. The second-order valence-corrected chi connectivity index (χ2v) is 12.7. The SMILES string of the molecule is CCCCCCCC(=O)NCc1ccc(/C=[N+](\[O-])C(C)(C)CNC(=O)C(O)C(O)[C@H](O[C@@H]2OC(CO)[C@H](O)C(O)C2O)C(O)CO)cc1. The first kappa shape index (κ1) is 41.4. The number of unbranched alkanes of at least 4 members (excludes halogenated alkanes) is 4. The molecule has 10 N–H and O–H groups in total. The van der Waals surface area contributed by atoms with Gasteiger partial charge in [0, 0.05) is 32.4 Å². The maximum absolute atomic E-state index is 13.0. The first-order valence-electron chi connectivity index (χ1n) is 16.2. The van der Waals surface area contributed by atoms with E-state index in [0.717, 1.165) is 31.2 Å². The van der Waals surface area contributed by atoms with Gasteiger partial charge in [0.1, 0.15) is 42.7 Å². The number of carbonyl (C=O) groups is 2. The molecule has 2 amide bonds. The van der Waals surface area contributed by atoms with Gasteiger partial charge in [0.2, 0.25) is 5.91 Å². The van der Waals surface area contributed by atoms with E-state index in [4.69, 9.17) is 9.47 Å². The summed E-state index contributed by atoms with van der Waals surface area (Å²) >= 11 is 0. The molecular formula is C32H53N3O13. The number of nitrogens with one attached hydrogen (secondary N) is 2. The van der Waals surface area contributed by atoms with Gasteiger partial charge in [-0.25, -0.2) is 4.74 Å². The van der Waals surface area contributed by atoms with Crippen molar-refractivity contribution in [3.8, 4) is 0 Å². The van der Waals surface area contributed by atoms with Crippen LogP contribution in [0.2, 0.25) is 0 Å². The maximum Gasteiger partial charge on any atom is 0.251 e. The van der Waals surface area contributed by atoms with Gasteiger partial charge in [-0.2, -0.15) is 0 Å². The van der Waals surface area contributed by atoms with Crippen LogP contribution in [0.5, 0.6) is 0 Å². The molecule has 16 nitrogen and oxygen atoms in total. The molecule has 48 heavy (non-hydrogen) atoms. The molecule has 16 heteroatoms. The van der Waals surface area contributed by atoms with Crippen molar-refractivity contribution in [1.82, 2.24) is 10.6 Å². The molecule has 0 saturated carbocycles. The van der Waals surface area contributed by atoms with Crippen LogP contribution in [0.1, 0.15) is 70.4 Å². The van der Waals surface area contributed by atoms with E-state index in [0.29, 0.717) is 23.3 Å². The number of aliphatic hydroxyl groups is 8. The molecule has 1 aromatic rings. The Balaban J connectivity index is 1.95. The van der Waals surface area contributed by atoms with Crippen LogP contribution < -0.4 is 10.6 Å². The third-order valence-electron chi connectivity index (χ3n) is 8.17. The molecule has 0 radical (unpaired) electrons. The fraction of sp³-hybridized carbons (Fsp3) is 0.719. The summed E-state index contributed by atoms with van der Waals surface area (Å²) in [7, 11) is 0. The van der Waals surface area contributed by atoms with Crippen LogP contribution in [0, 0.1) is 5.21 Å². The number of hydrogen-bond donors (Lipinski definition) is 10. The van der Waals surface area contributed by atoms with E-state index in [9.17, 15) is 55.6 Å². The fourth-order valence-corrected chi connectivity index (χ4v) is 4.87. The van der Waals surface area contributed by atoms with Crippen LogP contribution in [-0.2, 0) is 25.6 Å². The number of aliphatic hydroxyl groups excluding tert-OH is 8. The van der Waals surface area contributed by atoms with Crippen LogP contribution >= 0.6 is 0 Å². The van der Waals surface area contributed by atoms with E-state index in [-0.39, 0.29) is 12.5 Å². The highest BCUT2D eigenvalue weighted by Gasteiger charge is 2.47. The van der Waals surface area contributed by atoms with Gasteiger partial charge < -0.3 is 66.2 Å². The number of rotatable bonds is 20. The summed E-state index contributed by atoms with van der Waals surface area (Å²) in [6.07, 6.45) is -10.0. The van der Waals surface area contributed by atoms with Gasteiger partial charge in [-0.3, -0.25) is 9.59 Å². The lowest BCUT2D eigenvalue weighted by Crippen LogP contribution is -2.62. The zero-order chi connectivity index (χ0) is 36.0. The molecule has 0 bridgehead atoms. The second-order valence-electron chi connectivity index (χ2n) is 12.7. The number of amides is 2. The first-order chi connectivity index (χ1) is 22.7. The topological polar surface area (TPSA) is 265 Å². The summed E-state index contributed by atoms with van der Waals surface area (Å²) in [6.45, 7) is 3.41. The molecule has 9 atom stereocenters. The molecular weight excluding hydrogens is 634 g/mol. The highest BCUT2D eigenvalue weighted by atomic mass is 16.7. The quantitative estimate of drug-likeness (QED) is 0.0229. The Hall–Kier alpha value is -2.77. The minimum absolute atomic E-state index is 0.0178. The highest BCUT2D eigenvalue weighted by Crippen LogP contribution is 2.25. The van der Waals surface area contributed by atoms with E-state index in [1.807, 2.05) is 0 Å². The van der Waals surface area contributed by atoms with Crippen LogP contribution in [-0.4, -0.2) is 144 Å². The first-order valence-corrected chi connectivity index (χ1v) is 16.2. The zero-order valence-electron chi connectivity index (χ0n) is 27.7. The van der Waals surface area contributed by atoms with Crippen molar-refractivity contribution in [1.29, 1.82) is 0 Å². The largest absolute Gasteiger partial charge is 0.623 e. The lowest BCUT2D eigenvalue weighted by atomic mass is 9.98. The molecule has 1 aliphatic rings. The van der Waals surface area contributed by atoms with Crippen molar-refractivity contribution in [2.75, 3.05) is 19.8 Å². The summed E-state index contributed by atoms with van der Waals surface area (Å²) in [6, 6.07) is 6.95. The van der Waals surface area contributed by atoms with Gasteiger partial charge >= 0.3 is 0 Å². The maximum atomic E-state index is 13.0. The zero-order valence-corrected chi connectivity index (χ0v) is 27.7. The predicted molar refractivity (Wildman–Crippen MR) is 171 cm³/mol.